The van der Waals surface area contributed by atoms with Crippen LogP contribution in [0, 0.1) is 5.92 Å². The first-order valence-corrected chi connectivity index (χ1v) is 12.2. The van der Waals surface area contributed by atoms with Crippen LogP contribution >= 0.6 is 0 Å². The van der Waals surface area contributed by atoms with Crippen LogP contribution in [0.3, 0.4) is 0 Å². The Labute approximate surface area is 219 Å². The molecule has 0 bridgehead atoms. The van der Waals surface area contributed by atoms with E-state index in [9.17, 15) is 34.2 Å². The van der Waals surface area contributed by atoms with Crippen LogP contribution in [0.4, 0.5) is 0 Å². The number of hydrogen-bond donors (Lipinski definition) is 8. The maximum Gasteiger partial charge on any atom is 0.326 e. The Kier molecular flexibility index (Phi) is 11.2. The van der Waals surface area contributed by atoms with Crippen molar-refractivity contribution in [3.63, 3.8) is 0 Å². The van der Waals surface area contributed by atoms with E-state index in [0.717, 1.165) is 10.9 Å². The summed E-state index contributed by atoms with van der Waals surface area (Å²) in [5, 5.41) is 36.0. The lowest BCUT2D eigenvalue weighted by molar-refractivity contribution is -0.143. The van der Waals surface area contributed by atoms with E-state index in [1.165, 1.54) is 0 Å². The molecule has 0 aliphatic rings. The summed E-state index contributed by atoms with van der Waals surface area (Å²) >= 11 is 0. The first-order valence-electron chi connectivity index (χ1n) is 12.2. The number of aliphatic hydroxyl groups is 1. The number of nitrogens with one attached hydrogen (secondary N) is 4. The highest BCUT2D eigenvalue weighted by molar-refractivity contribution is 5.95. The molecule has 4 unspecified atom stereocenters. The molecule has 9 N–H and O–H groups in total. The number of aromatic nitrogens is 1. The van der Waals surface area contributed by atoms with Crippen molar-refractivity contribution in [2.24, 2.45) is 11.7 Å². The predicted octanol–water partition coefficient (Wildman–Crippen LogP) is -0.520. The quantitative estimate of drug-likeness (QED) is 0.147. The van der Waals surface area contributed by atoms with E-state index >= 15 is 0 Å². The second kappa shape index (κ2) is 14.1. The molecular weight excluding hydrogens is 498 g/mol. The van der Waals surface area contributed by atoms with Crippen LogP contribution in [-0.2, 0) is 30.4 Å². The highest BCUT2D eigenvalue weighted by Gasteiger charge is 2.31. The number of carboxylic acid groups (broad SMARTS) is 2. The van der Waals surface area contributed by atoms with Crippen LogP contribution in [0.15, 0.2) is 30.5 Å². The van der Waals surface area contributed by atoms with Gasteiger partial charge < -0.3 is 42.0 Å². The third kappa shape index (κ3) is 8.85. The Hall–Kier alpha value is -3.97. The number of fused-ring (bicyclic) bond motifs is 1. The lowest BCUT2D eigenvalue weighted by Gasteiger charge is -2.25. The molecule has 0 aliphatic carbocycles. The van der Waals surface area contributed by atoms with E-state index in [1.807, 2.05) is 32.0 Å². The Balaban J connectivity index is 2.23. The van der Waals surface area contributed by atoms with Crippen molar-refractivity contribution in [3.8, 4) is 0 Å². The van der Waals surface area contributed by atoms with Crippen molar-refractivity contribution in [1.29, 1.82) is 0 Å². The van der Waals surface area contributed by atoms with E-state index in [1.54, 1.807) is 12.3 Å². The van der Waals surface area contributed by atoms with Crippen molar-refractivity contribution in [3.05, 3.63) is 36.0 Å². The number of H-pyrrole nitrogens is 1. The number of hydrogen-bond acceptors (Lipinski definition) is 7. The number of aromatic amines is 1. The normalized spacial score (nSPS) is 14.3. The molecule has 4 atom stereocenters. The molecule has 1 aromatic heterocycles. The minimum absolute atomic E-state index is 0.0141. The van der Waals surface area contributed by atoms with Gasteiger partial charge in [0.1, 0.15) is 18.1 Å². The van der Waals surface area contributed by atoms with E-state index in [-0.39, 0.29) is 31.6 Å². The molecule has 0 aliphatic heterocycles. The molecule has 13 heteroatoms. The first kappa shape index (κ1) is 30.3. The van der Waals surface area contributed by atoms with Gasteiger partial charge in [-0.15, -0.1) is 0 Å². The number of carbonyl (C=O) groups excluding carboxylic acids is 3. The lowest BCUT2D eigenvalue weighted by Crippen LogP contribution is -2.58. The standard InChI is InChI=1S/C25H35N5O8/c1-13(2)9-19(25(37)38)29-23(35)18(10-14-11-27-17-6-4-3-5-15(14)17)28-24(36)20(12-31)30-22(34)16(26)7-8-21(32)33/h3-6,11,13,16,18-20,27,31H,7-10,12,26H2,1-2H3,(H,28,36)(H,29,35)(H,30,34)(H,32,33)(H,37,38). The molecule has 0 saturated heterocycles. The molecule has 1 aromatic carbocycles. The molecule has 2 rings (SSSR count). The number of rotatable bonds is 15. The van der Waals surface area contributed by atoms with Crippen LogP contribution in [-0.4, -0.2) is 80.7 Å². The van der Waals surface area contributed by atoms with E-state index < -0.39 is 60.4 Å². The van der Waals surface area contributed by atoms with Crippen LogP contribution in [0.25, 0.3) is 10.9 Å². The number of aliphatic carboxylic acids is 2. The molecule has 38 heavy (non-hydrogen) atoms. The smallest absolute Gasteiger partial charge is 0.326 e. The maximum atomic E-state index is 13.2. The molecule has 208 valence electrons. The van der Waals surface area contributed by atoms with Gasteiger partial charge in [0.05, 0.1) is 12.6 Å². The Bertz CT molecular complexity index is 1150. The van der Waals surface area contributed by atoms with Gasteiger partial charge in [-0.1, -0.05) is 32.0 Å². The number of benzene rings is 1. The van der Waals surface area contributed by atoms with Gasteiger partial charge in [0, 0.05) is 29.9 Å². The largest absolute Gasteiger partial charge is 0.481 e. The fourth-order valence-corrected chi connectivity index (χ4v) is 3.85. The predicted molar refractivity (Wildman–Crippen MR) is 137 cm³/mol. The molecule has 2 aromatic rings. The van der Waals surface area contributed by atoms with Crippen LogP contribution in [0.2, 0.25) is 0 Å². The van der Waals surface area contributed by atoms with E-state index in [4.69, 9.17) is 10.8 Å². The van der Waals surface area contributed by atoms with E-state index in [0.29, 0.717) is 5.56 Å². The van der Waals surface area contributed by atoms with Gasteiger partial charge in [0.2, 0.25) is 17.7 Å². The topological polar surface area (TPSA) is 224 Å². The Morgan fingerprint density at radius 3 is 2.13 bits per heavy atom. The van der Waals surface area contributed by atoms with Gasteiger partial charge in [0.15, 0.2) is 0 Å². The zero-order valence-electron chi connectivity index (χ0n) is 21.3. The summed E-state index contributed by atoms with van der Waals surface area (Å²) in [5.41, 5.74) is 7.15. The van der Waals surface area contributed by atoms with Gasteiger partial charge in [-0.2, -0.15) is 0 Å². The summed E-state index contributed by atoms with van der Waals surface area (Å²) in [6, 6.07) is 2.14. The number of carboxylic acids is 2. The number of para-hydroxylation sites is 1. The van der Waals surface area contributed by atoms with Crippen LogP contribution in [0.1, 0.15) is 38.7 Å². The van der Waals surface area contributed by atoms with Crippen molar-refractivity contribution in [1.82, 2.24) is 20.9 Å². The van der Waals surface area contributed by atoms with Gasteiger partial charge in [-0.25, -0.2) is 4.79 Å². The average Bonchev–Trinajstić information content (AvgIpc) is 3.27. The Morgan fingerprint density at radius 2 is 1.53 bits per heavy atom. The monoisotopic (exact) mass is 533 g/mol. The SMILES string of the molecule is CC(C)CC(NC(=O)C(Cc1c[nH]c2ccccc12)NC(=O)C(CO)NC(=O)C(N)CCC(=O)O)C(=O)O. The van der Waals surface area contributed by atoms with E-state index in [2.05, 4.69) is 20.9 Å². The maximum absolute atomic E-state index is 13.2. The third-order valence-electron chi connectivity index (χ3n) is 5.88. The second-order valence-electron chi connectivity index (χ2n) is 9.44. The lowest BCUT2D eigenvalue weighted by atomic mass is 10.0. The summed E-state index contributed by atoms with van der Waals surface area (Å²) in [7, 11) is 0. The zero-order chi connectivity index (χ0) is 28.4. The number of aliphatic hydroxyl groups excluding tert-OH is 1. The summed E-state index contributed by atoms with van der Waals surface area (Å²) in [6.07, 6.45) is 1.28. The molecule has 0 radical (unpaired) electrons. The average molecular weight is 534 g/mol. The number of carbonyl (C=O) groups is 5. The molecule has 3 amide bonds. The highest BCUT2D eigenvalue weighted by atomic mass is 16.4. The van der Waals surface area contributed by atoms with Crippen molar-refractivity contribution in [2.45, 2.75) is 63.7 Å². The molecule has 0 fully saturated rings. The van der Waals surface area contributed by atoms with Crippen molar-refractivity contribution < 1.29 is 39.3 Å². The third-order valence-corrected chi connectivity index (χ3v) is 5.88. The molecule has 0 saturated carbocycles. The second-order valence-corrected chi connectivity index (χ2v) is 9.44. The Morgan fingerprint density at radius 1 is 0.921 bits per heavy atom. The first-order chi connectivity index (χ1) is 17.9. The van der Waals surface area contributed by atoms with Crippen LogP contribution in [0.5, 0.6) is 0 Å². The van der Waals surface area contributed by atoms with Crippen molar-refractivity contribution in [2.75, 3.05) is 6.61 Å². The van der Waals surface area contributed by atoms with Crippen molar-refractivity contribution >= 4 is 40.6 Å². The number of nitrogens with two attached hydrogens (primary N) is 1. The summed E-state index contributed by atoms with van der Waals surface area (Å²) in [4.78, 5) is 64.0. The summed E-state index contributed by atoms with van der Waals surface area (Å²) in [5.74, 6) is -4.90. The van der Waals surface area contributed by atoms with Gasteiger partial charge >= 0.3 is 11.9 Å². The fraction of sp³-hybridized carbons (Fsp3) is 0.480. The summed E-state index contributed by atoms with van der Waals surface area (Å²) in [6.45, 7) is 2.79. The molecular formula is C25H35N5O8. The molecule has 0 spiro atoms. The van der Waals surface area contributed by atoms with Gasteiger partial charge in [0.25, 0.3) is 0 Å². The fourth-order valence-electron chi connectivity index (χ4n) is 3.85. The van der Waals surface area contributed by atoms with Crippen LogP contribution < -0.4 is 21.7 Å². The highest BCUT2D eigenvalue weighted by Crippen LogP contribution is 2.19. The minimum Gasteiger partial charge on any atom is -0.481 e. The zero-order valence-corrected chi connectivity index (χ0v) is 21.3. The summed E-state index contributed by atoms with van der Waals surface area (Å²) < 4.78 is 0. The number of amides is 3. The van der Waals surface area contributed by atoms with Gasteiger partial charge in [-0.3, -0.25) is 19.2 Å². The minimum atomic E-state index is -1.48. The molecule has 1 heterocycles. The molecule has 13 nitrogen and oxygen atoms in total. The van der Waals surface area contributed by atoms with Gasteiger partial charge in [-0.05, 0) is 30.4 Å².